The van der Waals surface area contributed by atoms with Crippen molar-refractivity contribution in [1.29, 1.82) is 0 Å². The van der Waals surface area contributed by atoms with E-state index in [9.17, 15) is 5.11 Å². The van der Waals surface area contributed by atoms with Crippen LogP contribution >= 0.6 is 11.3 Å². The van der Waals surface area contributed by atoms with Gasteiger partial charge in [-0.05, 0) is 37.1 Å². The summed E-state index contributed by atoms with van der Waals surface area (Å²) < 4.78 is 2.70. The minimum absolute atomic E-state index is 0.0443. The van der Waals surface area contributed by atoms with Gasteiger partial charge in [0.2, 0.25) is 5.95 Å². The molecule has 0 spiro atoms. The highest BCUT2D eigenvalue weighted by atomic mass is 32.1. The number of anilines is 3. The maximum absolute atomic E-state index is 9.70. The largest absolute Gasteiger partial charge is 0.394 e. The third kappa shape index (κ3) is 3.79. The molecule has 1 saturated carbocycles. The molecule has 0 bridgehead atoms. The molecule has 9 heteroatoms. The molecule has 8 nitrogen and oxygen atoms in total. The molecule has 0 atom stereocenters. The van der Waals surface area contributed by atoms with E-state index >= 15 is 0 Å². The van der Waals surface area contributed by atoms with Crippen LogP contribution in [0.1, 0.15) is 25.7 Å². The van der Waals surface area contributed by atoms with Gasteiger partial charge in [-0.25, -0.2) is 4.98 Å². The molecule has 0 amide bonds. The average Bonchev–Trinajstić information content (AvgIpc) is 3.27. The fourth-order valence-corrected chi connectivity index (χ4v) is 4.00. The van der Waals surface area contributed by atoms with Crippen LogP contribution in [0.25, 0.3) is 10.2 Å². The van der Waals surface area contributed by atoms with Crippen molar-refractivity contribution >= 4 is 39.0 Å². The van der Waals surface area contributed by atoms with Crippen molar-refractivity contribution in [2.75, 3.05) is 17.2 Å². The summed E-state index contributed by atoms with van der Waals surface area (Å²) in [7, 11) is 0. The first-order chi connectivity index (χ1) is 12.7. The Balaban J connectivity index is 1.55. The summed E-state index contributed by atoms with van der Waals surface area (Å²) >= 11 is 1.62. The smallest absolute Gasteiger partial charge is 0.229 e. The first-order valence-electron chi connectivity index (χ1n) is 8.81. The number of nitrogens with zero attached hydrogens (tertiary/aromatic N) is 4. The third-order valence-electron chi connectivity index (χ3n) is 4.56. The lowest BCUT2D eigenvalue weighted by Gasteiger charge is -2.26. The second kappa shape index (κ2) is 7.56. The van der Waals surface area contributed by atoms with Crippen LogP contribution in [0.5, 0.6) is 0 Å². The van der Waals surface area contributed by atoms with Gasteiger partial charge in [0.15, 0.2) is 0 Å². The Hall–Kier alpha value is -2.23. The topological polar surface area (TPSA) is 108 Å². The van der Waals surface area contributed by atoms with Crippen molar-refractivity contribution in [3.05, 3.63) is 23.8 Å². The molecule has 0 unspecified atom stereocenters. The molecule has 138 valence electrons. The van der Waals surface area contributed by atoms with Gasteiger partial charge in [-0.15, -0.1) is 11.3 Å². The summed E-state index contributed by atoms with van der Waals surface area (Å²) in [6.45, 7) is 0.495. The molecule has 1 aliphatic carbocycles. The monoisotopic (exact) mass is 374 g/mol. The predicted octanol–water partition coefficient (Wildman–Crippen LogP) is 2.34. The van der Waals surface area contributed by atoms with Gasteiger partial charge in [-0.1, -0.05) is 0 Å². The fourth-order valence-electron chi connectivity index (χ4n) is 3.21. The van der Waals surface area contributed by atoms with Crippen molar-refractivity contribution in [1.82, 2.24) is 19.7 Å². The molecular weight excluding hydrogens is 352 g/mol. The lowest BCUT2D eigenvalue weighted by Crippen LogP contribution is -2.28. The number of hydrogen-bond donors (Lipinski definition) is 4. The maximum atomic E-state index is 9.70. The van der Waals surface area contributed by atoms with Gasteiger partial charge >= 0.3 is 0 Å². The van der Waals surface area contributed by atoms with E-state index in [0.717, 1.165) is 47.4 Å². The first kappa shape index (κ1) is 17.2. The Morgan fingerprint density at radius 1 is 1.23 bits per heavy atom. The number of hydrogen-bond acceptors (Lipinski definition) is 8. The zero-order valence-corrected chi connectivity index (χ0v) is 15.1. The standard InChI is InChI=1S/C17H22N6O2S/c24-7-6-23-10-12(9-18-23)20-17-21-14-5-8-26-15(14)16(22-17)19-11-1-3-13(25)4-2-11/h5,8-11,13,24-25H,1-4,6-7H2,(H2,19,20,21,22)/t11-,13-. The van der Waals surface area contributed by atoms with Gasteiger partial charge in [-0.3, -0.25) is 4.68 Å². The number of nitrogens with one attached hydrogen (secondary N) is 2. The molecule has 4 N–H and O–H groups in total. The third-order valence-corrected chi connectivity index (χ3v) is 5.47. The van der Waals surface area contributed by atoms with Crippen molar-refractivity contribution in [3.63, 3.8) is 0 Å². The molecule has 0 saturated heterocycles. The minimum atomic E-state index is -0.173. The number of thiophene rings is 1. The van der Waals surface area contributed by atoms with E-state index < -0.39 is 0 Å². The van der Waals surface area contributed by atoms with Crippen LogP contribution in [0, 0.1) is 0 Å². The quantitative estimate of drug-likeness (QED) is 0.524. The summed E-state index contributed by atoms with van der Waals surface area (Å²) in [5.41, 5.74) is 1.67. The molecule has 3 aromatic rings. The average molecular weight is 374 g/mol. The van der Waals surface area contributed by atoms with Crippen molar-refractivity contribution in [2.45, 2.75) is 44.4 Å². The highest BCUT2D eigenvalue weighted by molar-refractivity contribution is 7.17. The second-order valence-electron chi connectivity index (χ2n) is 6.52. The predicted molar refractivity (Wildman–Crippen MR) is 102 cm³/mol. The summed E-state index contributed by atoms with van der Waals surface area (Å²) in [4.78, 5) is 9.24. The van der Waals surface area contributed by atoms with Crippen LogP contribution in [-0.4, -0.2) is 48.7 Å². The zero-order valence-electron chi connectivity index (χ0n) is 14.3. The Kier molecular flexibility index (Phi) is 5.00. The van der Waals surface area contributed by atoms with Crippen LogP contribution in [0.15, 0.2) is 23.8 Å². The number of aliphatic hydroxyl groups excluding tert-OH is 2. The highest BCUT2D eigenvalue weighted by Crippen LogP contribution is 2.30. The summed E-state index contributed by atoms with van der Waals surface area (Å²) in [5.74, 6) is 1.34. The van der Waals surface area contributed by atoms with Gasteiger partial charge in [0.1, 0.15) is 5.82 Å². The Bertz CT molecular complexity index is 871. The summed E-state index contributed by atoms with van der Waals surface area (Å²) in [6.07, 6.45) is 6.85. The fraction of sp³-hybridized carbons (Fsp3) is 0.471. The minimum Gasteiger partial charge on any atom is -0.394 e. The molecule has 3 aromatic heterocycles. The van der Waals surface area contributed by atoms with E-state index in [2.05, 4.69) is 25.7 Å². The normalized spacial score (nSPS) is 20.4. The second-order valence-corrected chi connectivity index (χ2v) is 7.44. The van der Waals surface area contributed by atoms with Crippen LogP contribution in [0.4, 0.5) is 17.5 Å². The number of aliphatic hydroxyl groups is 2. The van der Waals surface area contributed by atoms with Crippen LogP contribution in [0.3, 0.4) is 0 Å². The molecule has 0 radical (unpaired) electrons. The first-order valence-corrected chi connectivity index (χ1v) is 9.69. The van der Waals surface area contributed by atoms with Crippen LogP contribution in [0.2, 0.25) is 0 Å². The van der Waals surface area contributed by atoms with E-state index in [1.807, 2.05) is 17.6 Å². The van der Waals surface area contributed by atoms with E-state index in [4.69, 9.17) is 5.11 Å². The Morgan fingerprint density at radius 3 is 2.88 bits per heavy atom. The molecule has 0 aliphatic heterocycles. The van der Waals surface area contributed by atoms with E-state index in [-0.39, 0.29) is 12.7 Å². The van der Waals surface area contributed by atoms with E-state index in [1.54, 1.807) is 22.2 Å². The van der Waals surface area contributed by atoms with Crippen molar-refractivity contribution < 1.29 is 10.2 Å². The molecule has 26 heavy (non-hydrogen) atoms. The Labute approximate surface area is 154 Å². The van der Waals surface area contributed by atoms with E-state index in [1.165, 1.54) is 0 Å². The lowest BCUT2D eigenvalue weighted by atomic mass is 9.93. The number of fused-ring (bicyclic) bond motifs is 1. The molecule has 3 heterocycles. The van der Waals surface area contributed by atoms with E-state index in [0.29, 0.717) is 18.5 Å². The van der Waals surface area contributed by atoms with Crippen molar-refractivity contribution in [2.24, 2.45) is 0 Å². The van der Waals surface area contributed by atoms with Gasteiger partial charge in [0.05, 0.1) is 41.4 Å². The zero-order chi connectivity index (χ0) is 17.9. The summed E-state index contributed by atoms with van der Waals surface area (Å²) in [6, 6.07) is 2.30. The van der Waals surface area contributed by atoms with Crippen LogP contribution in [-0.2, 0) is 6.54 Å². The number of rotatable bonds is 6. The Morgan fingerprint density at radius 2 is 2.08 bits per heavy atom. The van der Waals surface area contributed by atoms with Gasteiger partial charge in [0.25, 0.3) is 0 Å². The molecule has 4 rings (SSSR count). The van der Waals surface area contributed by atoms with Crippen molar-refractivity contribution in [3.8, 4) is 0 Å². The maximum Gasteiger partial charge on any atom is 0.229 e. The SMILES string of the molecule is OCCn1cc(Nc2nc(N[C@H]3CC[C@H](O)CC3)c3sccc3n2)cn1. The summed E-state index contributed by atoms with van der Waals surface area (Å²) in [5, 5.41) is 31.6. The molecule has 1 aliphatic rings. The van der Waals surface area contributed by atoms with Gasteiger partial charge < -0.3 is 20.8 Å². The van der Waals surface area contributed by atoms with Gasteiger partial charge in [-0.2, -0.15) is 10.1 Å². The number of aromatic nitrogens is 4. The van der Waals surface area contributed by atoms with Crippen LogP contribution < -0.4 is 10.6 Å². The van der Waals surface area contributed by atoms with Gasteiger partial charge in [0, 0.05) is 12.2 Å². The molecule has 1 fully saturated rings. The molecular formula is C17H22N6O2S. The molecule has 0 aromatic carbocycles. The lowest BCUT2D eigenvalue weighted by molar-refractivity contribution is 0.126. The highest BCUT2D eigenvalue weighted by Gasteiger charge is 2.21.